The van der Waals surface area contributed by atoms with Gasteiger partial charge in [-0.1, -0.05) is 11.6 Å². The maximum atomic E-state index is 13.7. The van der Waals surface area contributed by atoms with Gasteiger partial charge in [0.25, 0.3) is 0 Å². The van der Waals surface area contributed by atoms with Crippen molar-refractivity contribution in [3.05, 3.63) is 59.0 Å². The van der Waals surface area contributed by atoms with E-state index >= 15 is 0 Å². The Morgan fingerprint density at radius 2 is 1.81 bits per heavy atom. The molecule has 0 bridgehead atoms. The second-order valence-corrected chi connectivity index (χ2v) is 7.81. The van der Waals surface area contributed by atoms with Crippen molar-refractivity contribution < 1.29 is 22.7 Å². The molecule has 0 amide bonds. The highest BCUT2D eigenvalue weighted by Gasteiger charge is 2.27. The van der Waals surface area contributed by atoms with E-state index in [2.05, 4.69) is 0 Å². The second-order valence-electron chi connectivity index (χ2n) is 5.49. The monoisotopic (exact) mass is 398 g/mol. The molecule has 1 aromatic heterocycles. The Kier molecular flexibility index (Phi) is 5.41. The van der Waals surface area contributed by atoms with Gasteiger partial charge in [-0.25, -0.2) is 12.8 Å². The number of nitrogens with zero attached hydrogens (tertiary/aromatic N) is 1. The van der Waals surface area contributed by atoms with E-state index in [-0.39, 0.29) is 27.0 Å². The zero-order valence-corrected chi connectivity index (χ0v) is 15.6. The summed E-state index contributed by atoms with van der Waals surface area (Å²) in [5.74, 6) is -1.99. The van der Waals surface area contributed by atoms with Gasteiger partial charge >= 0.3 is 0 Å². The van der Waals surface area contributed by atoms with E-state index in [1.807, 2.05) is 0 Å². The number of carbonyl (C=O) groups excluding carboxylic acids is 1. The summed E-state index contributed by atoms with van der Waals surface area (Å²) in [6.45, 7) is 0.938. The summed E-state index contributed by atoms with van der Waals surface area (Å²) in [6.07, 6.45) is 0. The Labute approximate surface area is 154 Å². The number of hydrogen-bond acceptors (Lipinski definition) is 4. The van der Waals surface area contributed by atoms with Crippen LogP contribution in [0, 0.1) is 12.7 Å². The van der Waals surface area contributed by atoms with Crippen LogP contribution < -0.4 is 11.3 Å². The van der Waals surface area contributed by atoms with E-state index in [9.17, 15) is 22.7 Å². The minimum absolute atomic E-state index is 0. The third kappa shape index (κ3) is 3.31. The first kappa shape index (κ1) is 19.9. The topological polar surface area (TPSA) is 116 Å². The van der Waals surface area contributed by atoms with Crippen LogP contribution in [0.4, 0.5) is 4.39 Å². The molecule has 0 saturated carbocycles. The molecule has 0 fully saturated rings. The van der Waals surface area contributed by atoms with E-state index in [4.69, 9.17) is 11.6 Å². The molecule has 4 N–H and O–H groups in total. The molecule has 0 atom stereocenters. The lowest BCUT2D eigenvalue weighted by Crippen LogP contribution is -2.27. The SMILES string of the molecule is Cc1c(S(=O)(=O)c2ccc(Cl)cc2)c2cc(F)ccc2n1CC(=O)[O-].[NH4+]. The first-order chi connectivity index (χ1) is 11.7. The van der Waals surface area contributed by atoms with E-state index in [0.717, 1.165) is 12.1 Å². The number of fused-ring (bicyclic) bond motifs is 1. The van der Waals surface area contributed by atoms with Gasteiger partial charge in [-0.05, 0) is 49.4 Å². The maximum Gasteiger partial charge on any atom is 0.208 e. The van der Waals surface area contributed by atoms with Crippen LogP contribution in [0.1, 0.15) is 5.69 Å². The van der Waals surface area contributed by atoms with Crippen molar-refractivity contribution in [2.24, 2.45) is 0 Å². The van der Waals surface area contributed by atoms with Crippen LogP contribution >= 0.6 is 11.6 Å². The van der Waals surface area contributed by atoms with Crippen LogP contribution in [0.5, 0.6) is 0 Å². The van der Waals surface area contributed by atoms with Crippen molar-refractivity contribution in [2.45, 2.75) is 23.3 Å². The van der Waals surface area contributed by atoms with Gasteiger partial charge in [0.15, 0.2) is 0 Å². The zero-order valence-electron chi connectivity index (χ0n) is 14.0. The van der Waals surface area contributed by atoms with Crippen molar-refractivity contribution in [3.8, 4) is 0 Å². The normalized spacial score (nSPS) is 11.3. The molecule has 0 unspecified atom stereocenters. The highest BCUT2D eigenvalue weighted by molar-refractivity contribution is 7.91. The lowest BCUT2D eigenvalue weighted by atomic mass is 10.2. The van der Waals surface area contributed by atoms with Gasteiger partial charge in [0.1, 0.15) is 10.7 Å². The highest BCUT2D eigenvalue weighted by Crippen LogP contribution is 2.34. The Balaban J connectivity index is 0.00000243. The molecule has 0 aliphatic heterocycles. The minimum atomic E-state index is -4.00. The van der Waals surface area contributed by atoms with Crippen molar-refractivity contribution in [1.29, 1.82) is 0 Å². The minimum Gasteiger partial charge on any atom is -0.548 e. The number of sulfone groups is 1. The molecule has 3 rings (SSSR count). The Morgan fingerprint density at radius 3 is 2.38 bits per heavy atom. The number of carboxylic acids is 1. The molecule has 2 aromatic carbocycles. The maximum absolute atomic E-state index is 13.7. The van der Waals surface area contributed by atoms with Gasteiger partial charge in [-0.3, -0.25) is 0 Å². The average Bonchev–Trinajstić information content (AvgIpc) is 2.79. The summed E-state index contributed by atoms with van der Waals surface area (Å²) in [5.41, 5.74) is 0.496. The Hall–Kier alpha value is -2.42. The Morgan fingerprint density at radius 1 is 1.19 bits per heavy atom. The van der Waals surface area contributed by atoms with Gasteiger partial charge < -0.3 is 20.6 Å². The molecule has 3 aromatic rings. The number of carboxylic acid groups (broad SMARTS) is 1. The van der Waals surface area contributed by atoms with Crippen LogP contribution in [0.25, 0.3) is 10.9 Å². The first-order valence-corrected chi connectivity index (χ1v) is 9.07. The van der Waals surface area contributed by atoms with Crippen molar-refractivity contribution >= 4 is 38.3 Å². The number of quaternary nitrogens is 1. The molecule has 6 nitrogen and oxygen atoms in total. The first-order valence-electron chi connectivity index (χ1n) is 7.20. The van der Waals surface area contributed by atoms with Crippen molar-refractivity contribution in [3.63, 3.8) is 0 Å². The van der Waals surface area contributed by atoms with Gasteiger partial charge in [-0.2, -0.15) is 0 Å². The highest BCUT2D eigenvalue weighted by atomic mass is 35.5. The molecule has 138 valence electrons. The van der Waals surface area contributed by atoms with Crippen molar-refractivity contribution in [1.82, 2.24) is 10.7 Å². The molecule has 0 radical (unpaired) electrons. The smallest absolute Gasteiger partial charge is 0.208 e. The fraction of sp³-hybridized carbons (Fsp3) is 0.118. The van der Waals surface area contributed by atoms with Gasteiger partial charge in [0, 0.05) is 16.1 Å². The van der Waals surface area contributed by atoms with E-state index in [1.165, 1.54) is 41.8 Å². The van der Waals surface area contributed by atoms with E-state index in [0.29, 0.717) is 10.5 Å². The molecule has 9 heteroatoms. The second kappa shape index (κ2) is 7.06. The fourth-order valence-corrected chi connectivity index (χ4v) is 4.64. The van der Waals surface area contributed by atoms with Crippen LogP contribution in [-0.2, 0) is 21.2 Å². The number of aliphatic carboxylic acids is 1. The molecule has 1 heterocycles. The molecule has 0 saturated heterocycles. The summed E-state index contributed by atoms with van der Waals surface area (Å²) in [4.78, 5) is 10.9. The van der Waals surface area contributed by atoms with Crippen LogP contribution in [0.2, 0.25) is 5.02 Å². The number of halogens is 2. The lowest BCUT2D eigenvalue weighted by molar-refractivity contribution is -0.306. The van der Waals surface area contributed by atoms with Crippen LogP contribution in [0.15, 0.2) is 52.3 Å². The van der Waals surface area contributed by atoms with Gasteiger partial charge in [-0.15, -0.1) is 0 Å². The Bertz CT molecular complexity index is 1090. The van der Waals surface area contributed by atoms with E-state index < -0.39 is 28.2 Å². The summed E-state index contributed by atoms with van der Waals surface area (Å²) in [7, 11) is -4.00. The quantitative estimate of drug-likeness (QED) is 0.727. The number of benzene rings is 2. The van der Waals surface area contributed by atoms with Crippen LogP contribution in [0.3, 0.4) is 0 Å². The standard InChI is InChI=1S/C17H13ClFNO4S.H3N/c1-10-17(25(23,24)13-5-2-11(18)3-6-13)14-8-12(19)4-7-15(14)20(10)9-16(21)22;/h2-8H,9H2,1H3,(H,21,22);1H3. The largest absolute Gasteiger partial charge is 0.548 e. The van der Waals surface area contributed by atoms with Gasteiger partial charge in [0.2, 0.25) is 9.84 Å². The number of aromatic nitrogens is 1. The fourth-order valence-electron chi connectivity index (χ4n) is 2.83. The molecule has 0 spiro atoms. The zero-order chi connectivity index (χ0) is 18.4. The number of hydrogen-bond donors (Lipinski definition) is 1. The third-order valence-corrected chi connectivity index (χ3v) is 6.10. The summed E-state index contributed by atoms with van der Waals surface area (Å²) in [6, 6.07) is 9.14. The molecular formula is C17H16ClFN2O4S. The van der Waals surface area contributed by atoms with Crippen molar-refractivity contribution in [2.75, 3.05) is 0 Å². The molecule has 0 aliphatic carbocycles. The average molecular weight is 399 g/mol. The number of carbonyl (C=O) groups is 1. The summed E-state index contributed by atoms with van der Waals surface area (Å²) < 4.78 is 41.1. The predicted octanol–water partition coefficient (Wildman–Crippen LogP) is 2.70. The molecule has 26 heavy (non-hydrogen) atoms. The lowest BCUT2D eigenvalue weighted by Gasteiger charge is -2.09. The van der Waals surface area contributed by atoms with E-state index in [1.54, 1.807) is 0 Å². The summed E-state index contributed by atoms with van der Waals surface area (Å²) in [5, 5.41) is 11.5. The molecule has 0 aliphatic rings. The molecular weight excluding hydrogens is 383 g/mol. The third-order valence-electron chi connectivity index (χ3n) is 3.91. The predicted molar refractivity (Wildman–Crippen MR) is 94.5 cm³/mol. The van der Waals surface area contributed by atoms with Gasteiger partial charge in [0.05, 0.1) is 22.9 Å². The van der Waals surface area contributed by atoms with Crippen LogP contribution in [-0.4, -0.2) is 19.0 Å². The number of rotatable bonds is 4. The summed E-state index contributed by atoms with van der Waals surface area (Å²) >= 11 is 5.80.